The van der Waals surface area contributed by atoms with E-state index in [0.717, 1.165) is 37.7 Å². The molecule has 2 saturated heterocycles. The van der Waals surface area contributed by atoms with Gasteiger partial charge in [-0.2, -0.15) is 0 Å². The molecule has 60 heavy (non-hydrogen) atoms. The molecule has 0 aromatic carbocycles. The number of hydrogen-bond acceptors (Lipinski definition) is 10. The molecule has 0 spiro atoms. The standard InChI is InChI=1S/C50H68O10/c1-6-31-55-47(52)25-17-16-19-34(2)32-36(4)50-44-30-28-38(56-50)20-12-8-7-9-13-21-39(51)49(54)43-29-27-35(3)40(57-43)23-18-24-41-37(5)45-33-46(58-41)42(59-45)22-14-10-11-15-26-48(53)60-44/h6,8,10-15,18,21-22,24,26-30,32,34-35,37-46,49-51,54H,1,7,9,16-17,19-20,23,25,31,33H2,2-5H3/b11-10+,12-8?,21-13?,22-14+,24-18+,26-15+,36-32+/t34-,35-,37+,38-,39-,40-,41+,42-,43-,44+,45+,46+,49-,50-/m1/s1. The Labute approximate surface area is 357 Å². The molecule has 6 heterocycles. The summed E-state index contributed by atoms with van der Waals surface area (Å²) in [6, 6.07) is 0. The summed E-state index contributed by atoms with van der Waals surface area (Å²) in [4.78, 5) is 24.9. The highest BCUT2D eigenvalue weighted by Crippen LogP contribution is 2.38. The molecule has 328 valence electrons. The number of carbonyl (C=O) groups excluding carboxylic acids is 2. The summed E-state index contributed by atoms with van der Waals surface area (Å²) >= 11 is 0. The first-order valence-electron chi connectivity index (χ1n) is 22.0. The van der Waals surface area contributed by atoms with Gasteiger partial charge >= 0.3 is 11.9 Å². The molecule has 0 aromatic rings. The van der Waals surface area contributed by atoms with E-state index < -0.39 is 36.5 Å². The van der Waals surface area contributed by atoms with E-state index in [1.807, 2.05) is 49.5 Å². The molecule has 0 radical (unpaired) electrons. The van der Waals surface area contributed by atoms with E-state index in [1.165, 1.54) is 6.08 Å². The van der Waals surface area contributed by atoms with Crippen LogP contribution in [0.2, 0.25) is 0 Å². The molecule has 2 fully saturated rings. The van der Waals surface area contributed by atoms with Crippen LogP contribution in [0.15, 0.2) is 122 Å². The third-order valence-corrected chi connectivity index (χ3v) is 11.8. The fourth-order valence-corrected chi connectivity index (χ4v) is 8.23. The van der Waals surface area contributed by atoms with Crippen LogP contribution in [0.25, 0.3) is 0 Å². The number of ether oxygens (including phenoxy) is 6. The van der Waals surface area contributed by atoms with Gasteiger partial charge in [0, 0.05) is 30.8 Å². The lowest BCUT2D eigenvalue weighted by molar-refractivity contribution is -0.148. The van der Waals surface area contributed by atoms with Gasteiger partial charge in [-0.3, -0.25) is 4.79 Å². The van der Waals surface area contributed by atoms with Gasteiger partial charge in [0.05, 0.1) is 30.5 Å². The van der Waals surface area contributed by atoms with Crippen molar-refractivity contribution in [3.8, 4) is 0 Å². The molecule has 0 unspecified atom stereocenters. The first kappa shape index (κ1) is 47.2. The van der Waals surface area contributed by atoms with Gasteiger partial charge in [0.25, 0.3) is 0 Å². The second-order valence-electron chi connectivity index (χ2n) is 16.7. The largest absolute Gasteiger partial charge is 0.461 e. The second-order valence-corrected chi connectivity index (χ2v) is 16.7. The predicted octanol–water partition coefficient (Wildman–Crippen LogP) is 8.25. The molecule has 7 bridgehead atoms. The minimum Gasteiger partial charge on any atom is -0.461 e. The van der Waals surface area contributed by atoms with Crippen molar-refractivity contribution in [1.82, 2.24) is 0 Å². The molecular formula is C50H68O10. The third-order valence-electron chi connectivity index (χ3n) is 11.8. The number of rotatable bonds is 9. The van der Waals surface area contributed by atoms with Gasteiger partial charge in [0.2, 0.25) is 0 Å². The summed E-state index contributed by atoms with van der Waals surface area (Å²) in [6.07, 6.45) is 36.1. The van der Waals surface area contributed by atoms with Gasteiger partial charge < -0.3 is 38.6 Å². The van der Waals surface area contributed by atoms with Crippen molar-refractivity contribution in [3.63, 3.8) is 0 Å². The van der Waals surface area contributed by atoms with Gasteiger partial charge in [-0.15, -0.1) is 0 Å². The summed E-state index contributed by atoms with van der Waals surface area (Å²) in [7, 11) is 0. The predicted molar refractivity (Wildman–Crippen MR) is 234 cm³/mol. The topological polar surface area (TPSA) is 130 Å². The Morgan fingerprint density at radius 3 is 2.42 bits per heavy atom. The molecule has 0 aromatic heterocycles. The Balaban J connectivity index is 1.26. The zero-order valence-corrected chi connectivity index (χ0v) is 35.9. The molecule has 10 heteroatoms. The van der Waals surface area contributed by atoms with E-state index in [-0.39, 0.29) is 67.0 Å². The van der Waals surface area contributed by atoms with Crippen molar-refractivity contribution in [2.24, 2.45) is 17.8 Å². The second kappa shape index (κ2) is 24.5. The van der Waals surface area contributed by atoms with Crippen LogP contribution in [0.1, 0.15) is 85.5 Å². The van der Waals surface area contributed by atoms with Gasteiger partial charge in [-0.1, -0.05) is 131 Å². The van der Waals surface area contributed by atoms with Crippen LogP contribution in [0.3, 0.4) is 0 Å². The van der Waals surface area contributed by atoms with E-state index in [2.05, 4.69) is 63.8 Å². The number of carbonyl (C=O) groups is 2. The zero-order chi connectivity index (χ0) is 42.9. The molecule has 0 aliphatic carbocycles. The maximum Gasteiger partial charge on any atom is 0.331 e. The zero-order valence-electron chi connectivity index (χ0n) is 35.9. The summed E-state index contributed by atoms with van der Waals surface area (Å²) in [6.45, 7) is 12.2. The lowest BCUT2D eigenvalue weighted by atomic mass is 9.90. The fraction of sp³-hybridized carbons (Fsp3) is 0.560. The van der Waals surface area contributed by atoms with E-state index in [1.54, 1.807) is 24.3 Å². The molecule has 10 nitrogen and oxygen atoms in total. The molecular weight excluding hydrogens is 761 g/mol. The van der Waals surface area contributed by atoms with Gasteiger partial charge in [-0.25, -0.2) is 4.79 Å². The van der Waals surface area contributed by atoms with Crippen LogP contribution in [-0.4, -0.2) is 95.9 Å². The number of unbranched alkanes of at least 4 members (excludes halogenated alkanes) is 1. The normalized spacial score (nSPS) is 38.0. The number of fused-ring (bicyclic) bond motifs is 13. The van der Waals surface area contributed by atoms with E-state index in [4.69, 9.17) is 28.4 Å². The maximum atomic E-state index is 13.0. The minimum atomic E-state index is -1.09. The summed E-state index contributed by atoms with van der Waals surface area (Å²) in [5.74, 6) is -0.121. The van der Waals surface area contributed by atoms with Gasteiger partial charge in [-0.05, 0) is 63.0 Å². The molecule has 14 atom stereocenters. The van der Waals surface area contributed by atoms with Crippen molar-refractivity contribution < 1.29 is 48.2 Å². The number of esters is 2. The van der Waals surface area contributed by atoms with Crippen LogP contribution in [0, 0.1) is 17.8 Å². The first-order chi connectivity index (χ1) is 29.0. The van der Waals surface area contributed by atoms with Crippen LogP contribution in [-0.2, 0) is 38.0 Å². The summed E-state index contributed by atoms with van der Waals surface area (Å²) < 4.78 is 36.8. The highest BCUT2D eigenvalue weighted by molar-refractivity contribution is 5.82. The summed E-state index contributed by atoms with van der Waals surface area (Å²) in [5.41, 5.74) is 0.976. The number of allylic oxidation sites excluding steroid dienone is 7. The Hall–Kier alpha value is -3.90. The Morgan fingerprint density at radius 1 is 0.817 bits per heavy atom. The maximum absolute atomic E-state index is 13.0. The lowest BCUT2D eigenvalue weighted by Crippen LogP contribution is -2.42. The van der Waals surface area contributed by atoms with Crippen molar-refractivity contribution >= 4 is 11.9 Å². The lowest BCUT2D eigenvalue weighted by Gasteiger charge is -2.34. The Morgan fingerprint density at radius 2 is 1.58 bits per heavy atom. The van der Waals surface area contributed by atoms with Crippen molar-refractivity contribution in [1.29, 1.82) is 0 Å². The molecule has 0 amide bonds. The molecule has 6 aliphatic heterocycles. The van der Waals surface area contributed by atoms with Crippen LogP contribution in [0.4, 0.5) is 0 Å². The van der Waals surface area contributed by atoms with Crippen molar-refractivity contribution in [3.05, 3.63) is 122 Å². The summed E-state index contributed by atoms with van der Waals surface area (Å²) in [5, 5.41) is 21.8. The third kappa shape index (κ3) is 14.6. The Bertz CT molecular complexity index is 1670. The fourth-order valence-electron chi connectivity index (χ4n) is 8.23. The molecule has 0 saturated carbocycles. The van der Waals surface area contributed by atoms with Crippen LogP contribution >= 0.6 is 0 Å². The molecule has 6 aliphatic rings. The van der Waals surface area contributed by atoms with E-state index in [9.17, 15) is 19.8 Å². The smallest absolute Gasteiger partial charge is 0.331 e. The highest BCUT2D eigenvalue weighted by atomic mass is 16.6. The number of aliphatic hydroxyl groups excluding tert-OH is 2. The van der Waals surface area contributed by atoms with Crippen molar-refractivity contribution in [2.75, 3.05) is 6.61 Å². The average Bonchev–Trinajstić information content (AvgIpc) is 3.58. The number of hydrogen-bond donors (Lipinski definition) is 2. The molecule has 6 rings (SSSR count). The van der Waals surface area contributed by atoms with Gasteiger partial charge in [0.15, 0.2) is 6.10 Å². The SMILES string of the molecule is C=CCOC(=O)CCCC[C@@H](C)/C=C(\C)[C@H]1O[C@H]2C=C[C@@H]1OC(=O)/C=C/C=C/C=C/[C@H]1O[C@H]3C[C@@H]1O[C@@H](/C=C/C[C@H]1O[C@H](C=C[C@H]1C)[C@H](O)[C@H](O)C=CCCC=CC2)[C@@H]3C. The quantitative estimate of drug-likeness (QED) is 0.133. The van der Waals surface area contributed by atoms with Crippen LogP contribution in [0.5, 0.6) is 0 Å². The minimum absolute atomic E-state index is 0.0599. The Kier molecular flexibility index (Phi) is 19.3. The average molecular weight is 829 g/mol. The van der Waals surface area contributed by atoms with Gasteiger partial charge in [0.1, 0.15) is 37.1 Å². The first-order valence-corrected chi connectivity index (χ1v) is 22.0. The van der Waals surface area contributed by atoms with E-state index in [0.29, 0.717) is 25.7 Å². The number of aliphatic hydroxyl groups is 2. The van der Waals surface area contributed by atoms with E-state index >= 15 is 0 Å². The van der Waals surface area contributed by atoms with Crippen molar-refractivity contribution in [2.45, 2.75) is 153 Å². The molecule has 2 N–H and O–H groups in total. The highest BCUT2D eigenvalue weighted by Gasteiger charge is 2.45. The monoisotopic (exact) mass is 828 g/mol. The van der Waals surface area contributed by atoms with Crippen LogP contribution < -0.4 is 0 Å².